The van der Waals surface area contributed by atoms with E-state index in [1.165, 1.54) is 0 Å². The van der Waals surface area contributed by atoms with Gasteiger partial charge in [-0.25, -0.2) is 0 Å². The van der Waals surface area contributed by atoms with Crippen LogP contribution in [0.25, 0.3) is 0 Å². The Labute approximate surface area is 83.0 Å². The van der Waals surface area contributed by atoms with Crippen LogP contribution in [0.4, 0.5) is 0 Å². The minimum atomic E-state index is -0.793. The Morgan fingerprint density at radius 1 is 1.64 bits per heavy atom. The Morgan fingerprint density at radius 2 is 2.29 bits per heavy atom. The lowest BCUT2D eigenvalue weighted by atomic mass is 9.90. The highest BCUT2D eigenvalue weighted by Gasteiger charge is 2.40. The number of nitrogens with zero attached hydrogens (tertiary/aromatic N) is 1. The number of carboxylic acid groups (broad SMARTS) is 1. The van der Waals surface area contributed by atoms with Crippen molar-refractivity contribution in [3.05, 3.63) is 0 Å². The van der Waals surface area contributed by atoms with Crippen LogP contribution in [0.15, 0.2) is 0 Å². The molecule has 1 saturated heterocycles. The van der Waals surface area contributed by atoms with Gasteiger partial charge in [-0.2, -0.15) is 0 Å². The van der Waals surface area contributed by atoms with Gasteiger partial charge in [0.2, 0.25) is 0 Å². The van der Waals surface area contributed by atoms with Gasteiger partial charge < -0.3 is 15.3 Å². The quantitative estimate of drug-likeness (QED) is 0.553. The average Bonchev–Trinajstić information content (AvgIpc) is 2.49. The van der Waals surface area contributed by atoms with Crippen molar-refractivity contribution in [2.45, 2.75) is 19.4 Å². The molecule has 0 bridgehead atoms. The first-order chi connectivity index (χ1) is 6.48. The van der Waals surface area contributed by atoms with Crippen molar-refractivity contribution < 1.29 is 20.1 Å². The smallest absolute Gasteiger partial charge is 0.310 e. The largest absolute Gasteiger partial charge is 0.481 e. The van der Waals surface area contributed by atoms with Crippen molar-refractivity contribution in [2.75, 3.05) is 26.2 Å². The van der Waals surface area contributed by atoms with E-state index in [9.17, 15) is 9.90 Å². The summed E-state index contributed by atoms with van der Waals surface area (Å²) in [5.41, 5.74) is -0.699. The number of aliphatic hydroxyl groups excluding tert-OH is 2. The summed E-state index contributed by atoms with van der Waals surface area (Å²) in [4.78, 5) is 12.8. The summed E-state index contributed by atoms with van der Waals surface area (Å²) < 4.78 is 0. The van der Waals surface area contributed by atoms with E-state index in [0.29, 0.717) is 26.1 Å². The Balaban J connectivity index is 2.45. The summed E-state index contributed by atoms with van der Waals surface area (Å²) in [6.45, 7) is 2.89. The molecule has 0 aromatic carbocycles. The predicted molar refractivity (Wildman–Crippen MR) is 49.9 cm³/mol. The number of aliphatic hydroxyl groups is 2. The molecule has 0 amide bonds. The highest BCUT2D eigenvalue weighted by atomic mass is 16.4. The third kappa shape index (κ3) is 2.43. The molecule has 1 heterocycles. The van der Waals surface area contributed by atoms with Crippen LogP contribution in [0.5, 0.6) is 0 Å². The molecule has 1 aliphatic rings. The minimum Gasteiger partial charge on any atom is -0.481 e. The Kier molecular flexibility index (Phi) is 3.47. The summed E-state index contributed by atoms with van der Waals surface area (Å²) in [6, 6.07) is 0. The third-order valence-electron chi connectivity index (χ3n) is 2.75. The zero-order valence-corrected chi connectivity index (χ0v) is 8.31. The van der Waals surface area contributed by atoms with Crippen molar-refractivity contribution in [3.8, 4) is 0 Å². The van der Waals surface area contributed by atoms with Crippen LogP contribution in [0.1, 0.15) is 13.3 Å². The molecule has 0 aliphatic carbocycles. The number of β-amino-alcohol motifs (C(OH)–C–C–N with tert-alkyl or cyclic N) is 1. The number of carbonyl (C=O) groups is 1. The first-order valence-corrected chi connectivity index (χ1v) is 4.72. The van der Waals surface area contributed by atoms with Gasteiger partial charge in [-0.05, 0) is 19.9 Å². The van der Waals surface area contributed by atoms with Crippen molar-refractivity contribution >= 4 is 5.97 Å². The van der Waals surface area contributed by atoms with Gasteiger partial charge in [0.05, 0.1) is 18.1 Å². The number of carboxylic acids is 1. The maximum atomic E-state index is 10.9. The molecule has 5 nitrogen and oxygen atoms in total. The van der Waals surface area contributed by atoms with E-state index in [2.05, 4.69) is 0 Å². The molecule has 0 spiro atoms. The molecule has 2 unspecified atom stereocenters. The van der Waals surface area contributed by atoms with Crippen LogP contribution < -0.4 is 0 Å². The van der Waals surface area contributed by atoms with Crippen LogP contribution in [0.2, 0.25) is 0 Å². The lowest BCUT2D eigenvalue weighted by Crippen LogP contribution is -2.36. The molecule has 0 saturated carbocycles. The monoisotopic (exact) mass is 203 g/mol. The van der Waals surface area contributed by atoms with Gasteiger partial charge in [0.15, 0.2) is 0 Å². The van der Waals surface area contributed by atoms with E-state index < -0.39 is 17.5 Å². The maximum Gasteiger partial charge on any atom is 0.310 e. The fourth-order valence-corrected chi connectivity index (χ4v) is 1.74. The molecule has 82 valence electrons. The molecule has 2 atom stereocenters. The molecule has 0 radical (unpaired) electrons. The van der Waals surface area contributed by atoms with Crippen LogP contribution in [-0.2, 0) is 4.79 Å². The summed E-state index contributed by atoms with van der Waals surface area (Å²) >= 11 is 0. The Hall–Kier alpha value is -0.650. The van der Waals surface area contributed by atoms with Crippen LogP contribution in [0.3, 0.4) is 0 Å². The second-order valence-corrected chi connectivity index (χ2v) is 4.19. The number of rotatable bonds is 4. The lowest BCUT2D eigenvalue weighted by molar-refractivity contribution is -0.147. The standard InChI is InChI=1S/C9H17NO4/c1-9(8(13)14)2-3-10(6-9)4-7(12)5-11/h7,11-12H,2-6H2,1H3,(H,13,14). The fraction of sp³-hybridized carbons (Fsp3) is 0.889. The first-order valence-electron chi connectivity index (χ1n) is 4.72. The molecule has 14 heavy (non-hydrogen) atoms. The SMILES string of the molecule is CC1(C(=O)O)CCN(CC(O)CO)C1. The molecule has 1 rings (SSSR count). The topological polar surface area (TPSA) is 81.0 Å². The molecule has 1 fully saturated rings. The average molecular weight is 203 g/mol. The molecule has 5 heteroatoms. The maximum absolute atomic E-state index is 10.9. The van der Waals surface area contributed by atoms with Crippen molar-refractivity contribution in [3.63, 3.8) is 0 Å². The normalized spacial score (nSPS) is 30.5. The van der Waals surface area contributed by atoms with Crippen molar-refractivity contribution in [1.29, 1.82) is 0 Å². The number of hydrogen-bond acceptors (Lipinski definition) is 4. The van der Waals surface area contributed by atoms with Gasteiger partial charge in [-0.15, -0.1) is 0 Å². The highest BCUT2D eigenvalue weighted by molar-refractivity contribution is 5.74. The third-order valence-corrected chi connectivity index (χ3v) is 2.75. The van der Waals surface area contributed by atoms with Crippen LogP contribution in [0, 0.1) is 5.41 Å². The van der Waals surface area contributed by atoms with E-state index in [1.807, 2.05) is 4.90 Å². The zero-order chi connectivity index (χ0) is 10.8. The molecular weight excluding hydrogens is 186 g/mol. The molecule has 1 aliphatic heterocycles. The van der Waals surface area contributed by atoms with Gasteiger partial charge >= 0.3 is 5.97 Å². The molecule has 0 aromatic heterocycles. The Bertz CT molecular complexity index is 221. The Morgan fingerprint density at radius 3 is 2.71 bits per heavy atom. The van der Waals surface area contributed by atoms with E-state index in [1.54, 1.807) is 6.92 Å². The summed E-state index contributed by atoms with van der Waals surface area (Å²) in [7, 11) is 0. The van der Waals surface area contributed by atoms with Crippen molar-refractivity contribution in [2.24, 2.45) is 5.41 Å². The van der Waals surface area contributed by atoms with Gasteiger partial charge in [-0.3, -0.25) is 9.69 Å². The van der Waals surface area contributed by atoms with E-state index >= 15 is 0 Å². The van der Waals surface area contributed by atoms with E-state index in [-0.39, 0.29) is 6.61 Å². The van der Waals surface area contributed by atoms with Crippen molar-refractivity contribution in [1.82, 2.24) is 4.90 Å². The first kappa shape index (κ1) is 11.4. The molecule has 3 N–H and O–H groups in total. The molecular formula is C9H17NO4. The van der Waals surface area contributed by atoms with Crippen LogP contribution >= 0.6 is 0 Å². The zero-order valence-electron chi connectivity index (χ0n) is 8.31. The predicted octanol–water partition coefficient (Wildman–Crippen LogP) is -0.864. The molecule has 0 aromatic rings. The van der Waals surface area contributed by atoms with E-state index in [4.69, 9.17) is 10.2 Å². The second-order valence-electron chi connectivity index (χ2n) is 4.19. The van der Waals surface area contributed by atoms with E-state index in [0.717, 1.165) is 0 Å². The summed E-state index contributed by atoms with van der Waals surface area (Å²) in [5.74, 6) is -0.793. The number of hydrogen-bond donors (Lipinski definition) is 3. The fourth-order valence-electron chi connectivity index (χ4n) is 1.74. The van der Waals surface area contributed by atoms with Gasteiger partial charge in [0.25, 0.3) is 0 Å². The number of aliphatic carboxylic acids is 1. The minimum absolute atomic E-state index is 0.277. The second kappa shape index (κ2) is 4.25. The summed E-state index contributed by atoms with van der Waals surface area (Å²) in [5, 5.41) is 26.8. The number of likely N-dealkylation sites (tertiary alicyclic amines) is 1. The van der Waals surface area contributed by atoms with Gasteiger partial charge in [0, 0.05) is 13.1 Å². The lowest BCUT2D eigenvalue weighted by Gasteiger charge is -2.21. The van der Waals surface area contributed by atoms with Gasteiger partial charge in [0.1, 0.15) is 0 Å². The van der Waals surface area contributed by atoms with Crippen LogP contribution in [-0.4, -0.2) is 58.5 Å². The highest BCUT2D eigenvalue weighted by Crippen LogP contribution is 2.29. The van der Waals surface area contributed by atoms with Gasteiger partial charge in [-0.1, -0.05) is 0 Å². The summed E-state index contributed by atoms with van der Waals surface area (Å²) in [6.07, 6.45) is -0.174.